The van der Waals surface area contributed by atoms with Crippen LogP contribution in [0.2, 0.25) is 0 Å². The third-order valence-electron chi connectivity index (χ3n) is 6.17. The molecule has 38 heavy (non-hydrogen) atoms. The van der Waals surface area contributed by atoms with E-state index in [9.17, 15) is 0 Å². The quantitative estimate of drug-likeness (QED) is 0.181. The van der Waals surface area contributed by atoms with Crippen molar-refractivity contribution in [3.8, 4) is 30.4 Å². The first-order valence-electron chi connectivity index (χ1n) is 12.4. The van der Waals surface area contributed by atoms with Gasteiger partial charge in [0.05, 0.1) is 21.1 Å². The standard InChI is InChI=1S/C35H32NO.BrH/c1-6-27-13-17-30(18-14-27)35(31-19-15-28(7-2)16-20-31)34(29-11-9-8-10-12-29)32-21-23-33(24-22-32)37-26-25-36(3,4)5;/h1-2,8-24H,25-26H2,3-5H3;1H/q+1;/p-1. The Labute approximate surface area is 238 Å². The average molecular weight is 563 g/mol. The number of quaternary nitrogens is 1. The van der Waals surface area contributed by atoms with Crippen LogP contribution in [0.25, 0.3) is 11.1 Å². The molecule has 0 aliphatic heterocycles. The lowest BCUT2D eigenvalue weighted by molar-refractivity contribution is -0.870. The van der Waals surface area contributed by atoms with E-state index >= 15 is 0 Å². The number of nitrogens with zero attached hydrogens (tertiary/aromatic N) is 1. The normalized spacial score (nSPS) is 10.4. The van der Waals surface area contributed by atoms with Crippen LogP contribution in [-0.2, 0) is 0 Å². The van der Waals surface area contributed by atoms with Gasteiger partial charge in [0, 0.05) is 11.1 Å². The van der Waals surface area contributed by atoms with Crippen LogP contribution in [0, 0.1) is 24.7 Å². The molecule has 4 rings (SSSR count). The number of halogens is 1. The van der Waals surface area contributed by atoms with E-state index in [4.69, 9.17) is 17.6 Å². The summed E-state index contributed by atoms with van der Waals surface area (Å²) in [4.78, 5) is 0. The lowest BCUT2D eigenvalue weighted by Gasteiger charge is -2.23. The van der Waals surface area contributed by atoms with E-state index in [0.717, 1.165) is 61.3 Å². The van der Waals surface area contributed by atoms with E-state index in [1.807, 2.05) is 30.3 Å². The second-order valence-electron chi connectivity index (χ2n) is 9.95. The molecule has 0 unspecified atom stereocenters. The lowest BCUT2D eigenvalue weighted by atomic mass is 9.85. The molecule has 0 saturated carbocycles. The Balaban J connectivity index is 0.00000400. The van der Waals surface area contributed by atoms with Gasteiger partial charge < -0.3 is 26.2 Å². The van der Waals surface area contributed by atoms with Crippen LogP contribution < -0.4 is 21.7 Å². The van der Waals surface area contributed by atoms with Crippen molar-refractivity contribution in [3.05, 3.63) is 137 Å². The van der Waals surface area contributed by atoms with E-state index < -0.39 is 0 Å². The molecular formula is C35H32BrNO. The zero-order valence-electron chi connectivity index (χ0n) is 22.1. The fourth-order valence-corrected chi connectivity index (χ4v) is 4.14. The number of hydrogen-bond donors (Lipinski definition) is 0. The Morgan fingerprint density at radius 2 is 1.00 bits per heavy atom. The second kappa shape index (κ2) is 13.0. The molecule has 0 spiro atoms. The Morgan fingerprint density at radius 1 is 0.605 bits per heavy atom. The predicted molar refractivity (Wildman–Crippen MR) is 155 cm³/mol. The van der Waals surface area contributed by atoms with Crippen molar-refractivity contribution >= 4 is 11.1 Å². The molecule has 0 fully saturated rings. The SMILES string of the molecule is C#Cc1ccc(C(=C(c2ccccc2)c2ccc(OCC[N+](C)(C)C)cc2)c2ccc(C#C)cc2)cc1.[Br-]. The molecule has 4 aromatic carbocycles. The molecule has 0 heterocycles. The minimum Gasteiger partial charge on any atom is -1.00 e. The summed E-state index contributed by atoms with van der Waals surface area (Å²) in [6.45, 7) is 1.60. The topological polar surface area (TPSA) is 9.23 Å². The fraction of sp³-hybridized carbons (Fsp3) is 0.143. The van der Waals surface area contributed by atoms with E-state index in [0.29, 0.717) is 6.61 Å². The average Bonchev–Trinajstić information content (AvgIpc) is 2.92. The van der Waals surface area contributed by atoms with Gasteiger partial charge in [-0.3, -0.25) is 0 Å². The minimum absolute atomic E-state index is 0. The van der Waals surface area contributed by atoms with Gasteiger partial charge in [0.15, 0.2) is 0 Å². The van der Waals surface area contributed by atoms with Gasteiger partial charge in [0.2, 0.25) is 0 Å². The Hall–Kier alpha value is -4.02. The fourth-order valence-electron chi connectivity index (χ4n) is 4.14. The van der Waals surface area contributed by atoms with Crippen LogP contribution in [-0.4, -0.2) is 38.8 Å². The van der Waals surface area contributed by atoms with Crippen molar-refractivity contribution in [1.82, 2.24) is 0 Å². The molecular weight excluding hydrogens is 530 g/mol. The smallest absolute Gasteiger partial charge is 0.137 e. The third kappa shape index (κ3) is 7.27. The number of terminal acetylenes is 2. The maximum absolute atomic E-state index is 6.03. The molecule has 3 heteroatoms. The number of hydrogen-bond acceptors (Lipinski definition) is 1. The molecule has 190 valence electrons. The van der Waals surface area contributed by atoms with Crippen molar-refractivity contribution < 1.29 is 26.2 Å². The first-order chi connectivity index (χ1) is 17.9. The molecule has 0 aromatic heterocycles. The highest BCUT2D eigenvalue weighted by molar-refractivity contribution is 6.04. The lowest BCUT2D eigenvalue weighted by Crippen LogP contribution is -3.00. The van der Waals surface area contributed by atoms with E-state index in [1.165, 1.54) is 0 Å². The van der Waals surface area contributed by atoms with Crippen LogP contribution in [0.1, 0.15) is 33.4 Å². The van der Waals surface area contributed by atoms with Crippen LogP contribution in [0.15, 0.2) is 103 Å². The van der Waals surface area contributed by atoms with Crippen LogP contribution >= 0.6 is 0 Å². The van der Waals surface area contributed by atoms with Gasteiger partial charge in [-0.2, -0.15) is 0 Å². The number of ether oxygens (including phenoxy) is 1. The number of benzene rings is 4. The maximum Gasteiger partial charge on any atom is 0.137 e. The summed E-state index contributed by atoms with van der Waals surface area (Å²) < 4.78 is 6.89. The van der Waals surface area contributed by atoms with Gasteiger partial charge in [0.1, 0.15) is 18.9 Å². The first-order valence-corrected chi connectivity index (χ1v) is 12.4. The number of likely N-dealkylation sites (N-methyl/N-ethyl adjacent to an activating group) is 1. The molecule has 0 aliphatic carbocycles. The zero-order valence-corrected chi connectivity index (χ0v) is 23.7. The van der Waals surface area contributed by atoms with Crippen LogP contribution in [0.4, 0.5) is 0 Å². The molecule has 0 atom stereocenters. The number of rotatable bonds is 8. The van der Waals surface area contributed by atoms with E-state index in [2.05, 4.69) is 106 Å². The summed E-state index contributed by atoms with van der Waals surface area (Å²) >= 11 is 0. The molecule has 0 bridgehead atoms. The Bertz CT molecular complexity index is 1390. The summed E-state index contributed by atoms with van der Waals surface area (Å²) in [5.41, 5.74) is 8.31. The van der Waals surface area contributed by atoms with Crippen LogP contribution in [0.3, 0.4) is 0 Å². The maximum atomic E-state index is 6.03. The van der Waals surface area contributed by atoms with Gasteiger partial charge >= 0.3 is 0 Å². The predicted octanol–water partition coefficient (Wildman–Crippen LogP) is 3.75. The van der Waals surface area contributed by atoms with Crippen LogP contribution in [0.5, 0.6) is 5.75 Å². The first kappa shape index (κ1) is 28.5. The van der Waals surface area contributed by atoms with E-state index in [1.54, 1.807) is 0 Å². The molecule has 2 nitrogen and oxygen atoms in total. The molecule has 4 aromatic rings. The monoisotopic (exact) mass is 561 g/mol. The summed E-state index contributed by atoms with van der Waals surface area (Å²) in [5, 5.41) is 0. The summed E-state index contributed by atoms with van der Waals surface area (Å²) in [6, 6.07) is 35.1. The van der Waals surface area contributed by atoms with Crippen molar-refractivity contribution in [2.45, 2.75) is 0 Å². The van der Waals surface area contributed by atoms with Crippen molar-refractivity contribution in [3.63, 3.8) is 0 Å². The molecule has 0 radical (unpaired) electrons. The van der Waals surface area contributed by atoms with Gasteiger partial charge in [-0.25, -0.2) is 0 Å². The van der Waals surface area contributed by atoms with Gasteiger partial charge in [-0.05, 0) is 69.8 Å². The molecule has 0 aliphatic rings. The highest BCUT2D eigenvalue weighted by Crippen LogP contribution is 2.37. The van der Waals surface area contributed by atoms with E-state index in [-0.39, 0.29) is 17.0 Å². The largest absolute Gasteiger partial charge is 1.00 e. The summed E-state index contributed by atoms with van der Waals surface area (Å²) in [6.07, 6.45) is 11.3. The van der Waals surface area contributed by atoms with Gasteiger partial charge in [-0.15, -0.1) is 12.8 Å². The zero-order chi connectivity index (χ0) is 26.3. The van der Waals surface area contributed by atoms with Gasteiger partial charge in [0.25, 0.3) is 0 Å². The highest BCUT2D eigenvalue weighted by Gasteiger charge is 2.17. The van der Waals surface area contributed by atoms with Gasteiger partial charge in [-0.1, -0.05) is 78.6 Å². The third-order valence-corrected chi connectivity index (χ3v) is 6.17. The minimum atomic E-state index is 0. The second-order valence-corrected chi connectivity index (χ2v) is 9.95. The van der Waals surface area contributed by atoms with Crippen molar-refractivity contribution in [2.24, 2.45) is 0 Å². The van der Waals surface area contributed by atoms with Crippen molar-refractivity contribution in [1.29, 1.82) is 0 Å². The molecule has 0 amide bonds. The molecule has 0 saturated heterocycles. The highest BCUT2D eigenvalue weighted by atomic mass is 79.9. The Kier molecular flexibility index (Phi) is 9.75. The summed E-state index contributed by atoms with van der Waals surface area (Å²) in [7, 11) is 6.49. The molecule has 0 N–H and O–H groups in total. The van der Waals surface area contributed by atoms with Crippen molar-refractivity contribution in [2.75, 3.05) is 34.3 Å². The summed E-state index contributed by atoms with van der Waals surface area (Å²) in [5.74, 6) is 6.30. The Morgan fingerprint density at radius 3 is 1.39 bits per heavy atom.